The van der Waals surface area contributed by atoms with E-state index in [1.807, 2.05) is 38.5 Å². The zero-order chi connectivity index (χ0) is 17.1. The molecule has 24 heavy (non-hydrogen) atoms. The van der Waals surface area contributed by atoms with Gasteiger partial charge in [0.05, 0.1) is 6.04 Å². The van der Waals surface area contributed by atoms with Crippen LogP contribution in [0.2, 0.25) is 5.02 Å². The summed E-state index contributed by atoms with van der Waals surface area (Å²) in [5.74, 6) is 0. The average molecular weight is 340 g/mol. The summed E-state index contributed by atoms with van der Waals surface area (Å²) >= 11 is 6.11. The largest absolute Gasteiger partial charge is 0.378 e. The van der Waals surface area contributed by atoms with Crippen LogP contribution in [0.15, 0.2) is 53.7 Å². The highest BCUT2D eigenvalue weighted by Gasteiger charge is 2.08. The average Bonchev–Trinajstić information content (AvgIpc) is 2.95. The van der Waals surface area contributed by atoms with Crippen LogP contribution in [0, 0.1) is 0 Å². The van der Waals surface area contributed by atoms with E-state index in [9.17, 15) is 0 Å². The molecule has 2 aromatic carbocycles. The number of fused-ring (bicyclic) bond motifs is 1. The second kappa shape index (κ2) is 7.10. The van der Waals surface area contributed by atoms with Gasteiger partial charge in [-0.25, -0.2) is 0 Å². The second-order valence-electron chi connectivity index (χ2n) is 6.32. The number of nitrogens with one attached hydrogen (secondary N) is 1. The number of rotatable bonds is 5. The fraction of sp³-hybridized carbons (Fsp3) is 0.250. The standard InChI is InChI=1S/C20H22ClN3/c1-14(22-12-15-4-7-18(8-5-15)24(2)3)10-16-13-23-20-9-6-17(21)11-19(16)20/h4-9,11-14,23H,10H2,1-3H3. The van der Waals surface area contributed by atoms with Gasteiger partial charge in [-0.15, -0.1) is 0 Å². The molecule has 0 spiro atoms. The van der Waals surface area contributed by atoms with Crippen LogP contribution in [-0.2, 0) is 6.42 Å². The Kier molecular flexibility index (Phi) is 4.91. The van der Waals surface area contributed by atoms with Gasteiger partial charge in [0.15, 0.2) is 0 Å². The summed E-state index contributed by atoms with van der Waals surface area (Å²) in [5.41, 5.74) is 4.68. The summed E-state index contributed by atoms with van der Waals surface area (Å²) < 4.78 is 0. The fourth-order valence-electron chi connectivity index (χ4n) is 2.76. The molecule has 4 heteroatoms. The van der Waals surface area contributed by atoms with Gasteiger partial charge in [0.25, 0.3) is 0 Å². The van der Waals surface area contributed by atoms with E-state index < -0.39 is 0 Å². The minimum atomic E-state index is 0.205. The molecule has 3 nitrogen and oxygen atoms in total. The van der Waals surface area contributed by atoms with Gasteiger partial charge in [0.2, 0.25) is 0 Å². The molecule has 0 amide bonds. The van der Waals surface area contributed by atoms with Gasteiger partial charge in [0.1, 0.15) is 0 Å². The lowest BCUT2D eigenvalue weighted by atomic mass is 10.1. The quantitative estimate of drug-likeness (QED) is 0.656. The predicted molar refractivity (Wildman–Crippen MR) is 105 cm³/mol. The molecule has 0 saturated heterocycles. The minimum absolute atomic E-state index is 0.205. The number of aliphatic imine (C=N–C) groups is 1. The highest BCUT2D eigenvalue weighted by molar-refractivity contribution is 6.31. The molecule has 0 bridgehead atoms. The molecular formula is C20H22ClN3. The molecule has 0 fully saturated rings. The van der Waals surface area contributed by atoms with E-state index in [0.29, 0.717) is 0 Å². The monoisotopic (exact) mass is 339 g/mol. The first kappa shape index (κ1) is 16.6. The van der Waals surface area contributed by atoms with Crippen molar-refractivity contribution in [3.63, 3.8) is 0 Å². The highest BCUT2D eigenvalue weighted by atomic mass is 35.5. The molecule has 1 unspecified atom stereocenters. The van der Waals surface area contributed by atoms with Crippen LogP contribution in [0.3, 0.4) is 0 Å². The third kappa shape index (κ3) is 3.80. The molecule has 1 N–H and O–H groups in total. The first-order valence-electron chi connectivity index (χ1n) is 8.09. The molecule has 0 radical (unpaired) electrons. The topological polar surface area (TPSA) is 31.4 Å². The Hall–Kier alpha value is -2.26. The van der Waals surface area contributed by atoms with E-state index in [1.54, 1.807) is 0 Å². The second-order valence-corrected chi connectivity index (χ2v) is 6.76. The molecular weight excluding hydrogens is 318 g/mol. The summed E-state index contributed by atoms with van der Waals surface area (Å²) in [6.45, 7) is 2.13. The Balaban J connectivity index is 1.70. The van der Waals surface area contributed by atoms with Gasteiger partial charge < -0.3 is 9.88 Å². The van der Waals surface area contributed by atoms with Crippen molar-refractivity contribution in [2.45, 2.75) is 19.4 Å². The number of nitrogens with zero attached hydrogens (tertiary/aromatic N) is 2. The highest BCUT2D eigenvalue weighted by Crippen LogP contribution is 2.23. The number of H-pyrrole nitrogens is 1. The number of halogens is 1. The van der Waals surface area contributed by atoms with Gasteiger partial charge in [0, 0.05) is 48.1 Å². The van der Waals surface area contributed by atoms with E-state index in [0.717, 1.165) is 22.5 Å². The van der Waals surface area contributed by atoms with Crippen molar-refractivity contribution < 1.29 is 0 Å². The van der Waals surface area contributed by atoms with E-state index in [4.69, 9.17) is 11.6 Å². The molecule has 0 aliphatic rings. The van der Waals surface area contributed by atoms with Crippen molar-refractivity contribution in [2.75, 3.05) is 19.0 Å². The first-order chi connectivity index (χ1) is 11.5. The van der Waals surface area contributed by atoms with Crippen molar-refractivity contribution in [3.8, 4) is 0 Å². The third-order valence-corrected chi connectivity index (χ3v) is 4.37. The molecule has 1 heterocycles. The molecule has 0 aliphatic carbocycles. The summed E-state index contributed by atoms with van der Waals surface area (Å²) in [6.07, 6.45) is 4.89. The fourth-order valence-corrected chi connectivity index (χ4v) is 2.93. The Bertz CT molecular complexity index is 847. The van der Waals surface area contributed by atoms with Crippen LogP contribution in [-0.4, -0.2) is 31.3 Å². The molecule has 124 valence electrons. The van der Waals surface area contributed by atoms with Crippen LogP contribution in [0.5, 0.6) is 0 Å². The normalized spacial score (nSPS) is 12.8. The van der Waals surface area contributed by atoms with Gasteiger partial charge in [-0.05, 0) is 54.8 Å². The number of anilines is 1. The lowest BCUT2D eigenvalue weighted by Gasteiger charge is -2.11. The molecule has 0 saturated carbocycles. The van der Waals surface area contributed by atoms with Crippen LogP contribution in [0.1, 0.15) is 18.1 Å². The van der Waals surface area contributed by atoms with Crippen LogP contribution < -0.4 is 4.90 Å². The maximum atomic E-state index is 6.11. The Morgan fingerprint density at radius 1 is 1.17 bits per heavy atom. The summed E-state index contributed by atoms with van der Waals surface area (Å²) in [4.78, 5) is 10.1. The van der Waals surface area contributed by atoms with Crippen LogP contribution in [0.4, 0.5) is 5.69 Å². The molecule has 3 aromatic rings. The number of aromatic amines is 1. The minimum Gasteiger partial charge on any atom is -0.378 e. The van der Waals surface area contributed by atoms with Gasteiger partial charge in [-0.1, -0.05) is 23.7 Å². The van der Waals surface area contributed by atoms with E-state index >= 15 is 0 Å². The number of aromatic nitrogens is 1. The number of hydrogen-bond donors (Lipinski definition) is 1. The first-order valence-corrected chi connectivity index (χ1v) is 8.47. The summed E-state index contributed by atoms with van der Waals surface area (Å²) in [6, 6.07) is 14.5. The molecule has 1 aromatic heterocycles. The van der Waals surface area contributed by atoms with E-state index in [-0.39, 0.29) is 6.04 Å². The van der Waals surface area contributed by atoms with Crippen molar-refractivity contribution >= 4 is 34.4 Å². The van der Waals surface area contributed by atoms with Gasteiger partial charge in [-0.2, -0.15) is 0 Å². The smallest absolute Gasteiger partial charge is 0.0512 e. The van der Waals surface area contributed by atoms with Crippen molar-refractivity contribution in [2.24, 2.45) is 4.99 Å². The molecule has 0 aliphatic heterocycles. The Morgan fingerprint density at radius 2 is 1.92 bits per heavy atom. The lowest BCUT2D eigenvalue weighted by Crippen LogP contribution is -2.08. The zero-order valence-electron chi connectivity index (χ0n) is 14.3. The van der Waals surface area contributed by atoms with Gasteiger partial charge in [-0.3, -0.25) is 4.99 Å². The van der Waals surface area contributed by atoms with Gasteiger partial charge >= 0.3 is 0 Å². The van der Waals surface area contributed by atoms with E-state index in [1.165, 1.54) is 16.6 Å². The maximum absolute atomic E-state index is 6.11. The molecule has 1 atom stereocenters. The van der Waals surface area contributed by atoms with Crippen molar-refractivity contribution in [1.29, 1.82) is 0 Å². The lowest BCUT2D eigenvalue weighted by molar-refractivity contribution is 0.747. The SMILES string of the molecule is CC(Cc1c[nH]c2ccc(Cl)cc12)N=Cc1ccc(N(C)C)cc1. The Morgan fingerprint density at radius 3 is 2.62 bits per heavy atom. The zero-order valence-corrected chi connectivity index (χ0v) is 15.0. The molecule has 3 rings (SSSR count). The van der Waals surface area contributed by atoms with Crippen molar-refractivity contribution in [3.05, 3.63) is 64.8 Å². The van der Waals surface area contributed by atoms with E-state index in [2.05, 4.69) is 52.3 Å². The van der Waals surface area contributed by atoms with Crippen LogP contribution >= 0.6 is 11.6 Å². The summed E-state index contributed by atoms with van der Waals surface area (Å²) in [7, 11) is 4.08. The number of benzene rings is 2. The van der Waals surface area contributed by atoms with Crippen molar-refractivity contribution in [1.82, 2.24) is 4.98 Å². The third-order valence-electron chi connectivity index (χ3n) is 4.13. The Labute approximate surface area is 148 Å². The van der Waals surface area contributed by atoms with Crippen LogP contribution in [0.25, 0.3) is 10.9 Å². The number of hydrogen-bond acceptors (Lipinski definition) is 2. The maximum Gasteiger partial charge on any atom is 0.0512 e. The summed E-state index contributed by atoms with van der Waals surface area (Å²) in [5, 5.41) is 1.94. The predicted octanol–water partition coefficient (Wildman–Crippen LogP) is 4.94.